The molecule has 1 saturated heterocycles. The summed E-state index contributed by atoms with van der Waals surface area (Å²) in [6.07, 6.45) is 4.45. The normalized spacial score (nSPS) is 14.1. The van der Waals surface area contributed by atoms with Gasteiger partial charge < -0.3 is 10.2 Å². The van der Waals surface area contributed by atoms with E-state index in [1.54, 1.807) is 40.2 Å². The lowest BCUT2D eigenvalue weighted by Gasteiger charge is -2.31. The van der Waals surface area contributed by atoms with Crippen LogP contribution in [0.4, 0.5) is 4.39 Å². The Morgan fingerprint density at radius 2 is 1.87 bits per heavy atom. The highest BCUT2D eigenvalue weighted by Crippen LogP contribution is 2.23. The number of nitrogens with one attached hydrogen (secondary N) is 1. The number of para-hydroxylation sites is 1. The fourth-order valence-corrected chi connectivity index (χ4v) is 4.97. The number of aromatic nitrogens is 5. The standard InChI is InChI=1S/C26H24BrClFN7O2/c1-16-14-35(22-5-3-2-4-20(22)28)32-24(16)26(38)34-10-8-17(9-11-34)25(37)30-13-19-15-36(33-31-19)23-7-6-18(27)12-21(23)29/h2-7,12,14-15,17H,8-11,13H2,1H3,(H,30,37). The van der Waals surface area contributed by atoms with Crippen molar-refractivity contribution in [3.63, 3.8) is 0 Å². The van der Waals surface area contributed by atoms with Gasteiger partial charge in [0.05, 0.1) is 23.5 Å². The Labute approximate surface area is 231 Å². The quantitative estimate of drug-likeness (QED) is 0.352. The molecule has 2 aromatic heterocycles. The highest BCUT2D eigenvalue weighted by molar-refractivity contribution is 9.10. The van der Waals surface area contributed by atoms with Crippen molar-refractivity contribution in [1.82, 2.24) is 35.0 Å². The fraction of sp³-hybridized carbons (Fsp3) is 0.269. The van der Waals surface area contributed by atoms with Crippen LogP contribution in [0.3, 0.4) is 0 Å². The minimum Gasteiger partial charge on any atom is -0.350 e. The van der Waals surface area contributed by atoms with Gasteiger partial charge in [0.15, 0.2) is 5.69 Å². The minimum atomic E-state index is -0.438. The largest absolute Gasteiger partial charge is 0.350 e. The summed E-state index contributed by atoms with van der Waals surface area (Å²) in [7, 11) is 0. The molecule has 3 heterocycles. The predicted molar refractivity (Wildman–Crippen MR) is 143 cm³/mol. The molecule has 0 radical (unpaired) electrons. The van der Waals surface area contributed by atoms with E-state index in [2.05, 4.69) is 36.7 Å². The lowest BCUT2D eigenvalue weighted by molar-refractivity contribution is -0.126. The van der Waals surface area contributed by atoms with Crippen molar-refractivity contribution in [2.75, 3.05) is 13.1 Å². The van der Waals surface area contributed by atoms with Gasteiger partial charge in [-0.25, -0.2) is 13.8 Å². The Morgan fingerprint density at radius 3 is 2.61 bits per heavy atom. The maximum absolute atomic E-state index is 14.2. The summed E-state index contributed by atoms with van der Waals surface area (Å²) in [5.41, 5.74) is 2.61. The molecule has 0 aliphatic carbocycles. The van der Waals surface area contributed by atoms with E-state index in [9.17, 15) is 14.0 Å². The van der Waals surface area contributed by atoms with E-state index in [4.69, 9.17) is 11.6 Å². The second kappa shape index (κ2) is 11.0. The van der Waals surface area contributed by atoms with E-state index < -0.39 is 5.82 Å². The number of hydrogen-bond donors (Lipinski definition) is 1. The summed E-state index contributed by atoms with van der Waals surface area (Å²) < 4.78 is 17.8. The van der Waals surface area contributed by atoms with E-state index in [0.29, 0.717) is 52.5 Å². The van der Waals surface area contributed by atoms with Crippen LogP contribution in [0.1, 0.15) is 34.6 Å². The number of carbonyl (C=O) groups is 2. The second-order valence-electron chi connectivity index (χ2n) is 9.09. The summed E-state index contributed by atoms with van der Waals surface area (Å²) in [5.74, 6) is -0.934. The first-order valence-corrected chi connectivity index (χ1v) is 13.2. The molecular formula is C26H24BrClFN7O2. The average Bonchev–Trinajstić information content (AvgIpc) is 3.54. The smallest absolute Gasteiger partial charge is 0.274 e. The van der Waals surface area contributed by atoms with Gasteiger partial charge in [0.2, 0.25) is 5.91 Å². The Hall–Kier alpha value is -3.57. The number of nitrogens with zero attached hydrogens (tertiary/aromatic N) is 6. The third kappa shape index (κ3) is 5.48. The van der Waals surface area contributed by atoms with Crippen LogP contribution < -0.4 is 5.32 Å². The molecule has 9 nitrogen and oxygen atoms in total. The molecule has 2 aromatic carbocycles. The van der Waals surface area contributed by atoms with Crippen LogP contribution in [0, 0.1) is 18.7 Å². The zero-order valence-corrected chi connectivity index (χ0v) is 22.8. The van der Waals surface area contributed by atoms with Gasteiger partial charge in [-0.05, 0) is 50.1 Å². The van der Waals surface area contributed by atoms with Gasteiger partial charge in [0.25, 0.3) is 5.91 Å². The van der Waals surface area contributed by atoms with Crippen LogP contribution in [0.5, 0.6) is 0 Å². The summed E-state index contributed by atoms with van der Waals surface area (Å²) in [5, 5.41) is 15.9. The first-order chi connectivity index (χ1) is 18.3. The molecule has 1 fully saturated rings. The van der Waals surface area contributed by atoms with Crippen molar-refractivity contribution < 1.29 is 14.0 Å². The zero-order valence-electron chi connectivity index (χ0n) is 20.4. The topological polar surface area (TPSA) is 97.9 Å². The number of hydrogen-bond acceptors (Lipinski definition) is 5. The van der Waals surface area contributed by atoms with Gasteiger partial charge in [-0.1, -0.05) is 44.9 Å². The molecular weight excluding hydrogens is 577 g/mol. The number of carbonyl (C=O) groups excluding carboxylic acids is 2. The van der Waals surface area contributed by atoms with E-state index in [1.807, 2.05) is 25.1 Å². The number of aryl methyl sites for hydroxylation is 1. The first-order valence-electron chi connectivity index (χ1n) is 12.0. The monoisotopic (exact) mass is 599 g/mol. The molecule has 4 aromatic rings. The summed E-state index contributed by atoms with van der Waals surface area (Å²) in [6.45, 7) is 2.92. The summed E-state index contributed by atoms with van der Waals surface area (Å²) >= 11 is 9.51. The summed E-state index contributed by atoms with van der Waals surface area (Å²) in [6, 6.07) is 12.0. The van der Waals surface area contributed by atoms with Crippen LogP contribution in [-0.4, -0.2) is 54.6 Å². The zero-order chi connectivity index (χ0) is 26.8. The highest BCUT2D eigenvalue weighted by atomic mass is 79.9. The van der Waals surface area contributed by atoms with Gasteiger partial charge in [-0.3, -0.25) is 9.59 Å². The van der Waals surface area contributed by atoms with E-state index in [-0.39, 0.29) is 30.0 Å². The van der Waals surface area contributed by atoms with Crippen LogP contribution >= 0.6 is 27.5 Å². The Kier molecular flexibility index (Phi) is 7.57. The number of halogens is 3. The Balaban J connectivity index is 1.15. The van der Waals surface area contributed by atoms with Crippen molar-refractivity contribution in [3.05, 3.63) is 87.1 Å². The van der Waals surface area contributed by atoms with E-state index in [1.165, 1.54) is 10.7 Å². The molecule has 1 N–H and O–H groups in total. The predicted octanol–water partition coefficient (Wildman–Crippen LogP) is 4.49. The lowest BCUT2D eigenvalue weighted by Crippen LogP contribution is -2.43. The van der Waals surface area contributed by atoms with Gasteiger partial charge in [-0.2, -0.15) is 5.10 Å². The van der Waals surface area contributed by atoms with E-state index in [0.717, 1.165) is 5.56 Å². The molecule has 1 aliphatic heterocycles. The third-order valence-corrected chi connectivity index (χ3v) is 7.31. The van der Waals surface area contributed by atoms with Crippen molar-refractivity contribution in [1.29, 1.82) is 0 Å². The molecule has 0 saturated carbocycles. The van der Waals surface area contributed by atoms with Gasteiger partial charge in [-0.15, -0.1) is 5.10 Å². The van der Waals surface area contributed by atoms with Crippen LogP contribution in [0.25, 0.3) is 11.4 Å². The van der Waals surface area contributed by atoms with E-state index >= 15 is 0 Å². The minimum absolute atomic E-state index is 0.111. The number of benzene rings is 2. The Morgan fingerprint density at radius 1 is 1.11 bits per heavy atom. The molecule has 0 atom stereocenters. The van der Waals surface area contributed by atoms with Crippen molar-refractivity contribution >= 4 is 39.3 Å². The molecule has 1 aliphatic rings. The van der Waals surface area contributed by atoms with Crippen molar-refractivity contribution in [3.8, 4) is 11.4 Å². The fourth-order valence-electron chi connectivity index (χ4n) is 4.41. The lowest BCUT2D eigenvalue weighted by atomic mass is 9.95. The average molecular weight is 601 g/mol. The Bertz CT molecular complexity index is 1500. The molecule has 0 unspecified atom stereocenters. The van der Waals surface area contributed by atoms with Crippen LogP contribution in [0.15, 0.2) is 59.3 Å². The molecule has 38 heavy (non-hydrogen) atoms. The summed E-state index contributed by atoms with van der Waals surface area (Å²) in [4.78, 5) is 27.7. The molecule has 2 amide bonds. The maximum atomic E-state index is 14.2. The number of rotatable bonds is 6. The molecule has 0 spiro atoms. The number of piperidine rings is 1. The van der Waals surface area contributed by atoms with Crippen LogP contribution in [-0.2, 0) is 11.3 Å². The molecule has 196 valence electrons. The highest BCUT2D eigenvalue weighted by Gasteiger charge is 2.29. The number of amides is 2. The van der Waals surface area contributed by atoms with Crippen molar-refractivity contribution in [2.24, 2.45) is 5.92 Å². The third-order valence-electron chi connectivity index (χ3n) is 6.49. The molecule has 0 bridgehead atoms. The van der Waals surface area contributed by atoms with Gasteiger partial charge in [0, 0.05) is 35.2 Å². The molecule has 5 rings (SSSR count). The number of likely N-dealkylation sites (tertiary alicyclic amines) is 1. The van der Waals surface area contributed by atoms with Crippen molar-refractivity contribution in [2.45, 2.75) is 26.3 Å². The first kappa shape index (κ1) is 26.1. The van der Waals surface area contributed by atoms with Gasteiger partial charge >= 0.3 is 0 Å². The van der Waals surface area contributed by atoms with Gasteiger partial charge in [0.1, 0.15) is 17.2 Å². The maximum Gasteiger partial charge on any atom is 0.274 e. The second-order valence-corrected chi connectivity index (χ2v) is 10.4. The molecule has 12 heteroatoms. The van der Waals surface area contributed by atoms with Crippen LogP contribution in [0.2, 0.25) is 5.02 Å². The SMILES string of the molecule is Cc1cn(-c2ccccc2Cl)nc1C(=O)N1CCC(C(=O)NCc2cn(-c3ccc(Br)cc3F)nn2)CC1.